The molecule has 0 fully saturated rings. The molecule has 0 radical (unpaired) electrons. The van der Waals surface area contributed by atoms with Gasteiger partial charge < -0.3 is 21.3 Å². The van der Waals surface area contributed by atoms with E-state index in [1.165, 1.54) is 48.1 Å². The van der Waals surface area contributed by atoms with Crippen molar-refractivity contribution in [3.63, 3.8) is 0 Å². The molecule has 568 valence electrons. The summed E-state index contributed by atoms with van der Waals surface area (Å²) >= 11 is 11.6. The molecule has 17 rings (SSSR count). The van der Waals surface area contributed by atoms with Gasteiger partial charge in [-0.25, -0.2) is 55.1 Å². The van der Waals surface area contributed by atoms with Crippen LogP contribution < -0.4 is 26.4 Å². The number of aryl methyl sites for hydroxylation is 1. The Morgan fingerprint density at radius 2 is 0.796 bits per heavy atom. The van der Waals surface area contributed by atoms with Crippen LogP contribution in [0.1, 0.15) is 34.7 Å². The van der Waals surface area contributed by atoms with Crippen LogP contribution in [-0.2, 0) is 52.5 Å². The highest BCUT2D eigenvalue weighted by Gasteiger charge is 2.20. The monoisotopic (exact) mass is 1760 g/mol. The number of nitrogens with zero attached hydrogens (tertiary/aromatic N) is 15. The minimum absolute atomic E-state index is 0.0467. The first-order valence-corrected chi connectivity index (χ1v) is 41.3. The normalized spacial score (nSPS) is 11.4. The lowest BCUT2D eigenvalue weighted by atomic mass is 10.1. The van der Waals surface area contributed by atoms with Gasteiger partial charge in [-0.05, 0) is 155 Å². The molecule has 0 saturated heterocycles. The molecule has 0 aliphatic carbocycles. The van der Waals surface area contributed by atoms with E-state index in [2.05, 4.69) is 144 Å². The predicted molar refractivity (Wildman–Crippen MR) is 442 cm³/mol. The van der Waals surface area contributed by atoms with Crippen molar-refractivity contribution in [3.8, 4) is 56.3 Å². The van der Waals surface area contributed by atoms with E-state index in [1.807, 2.05) is 76.9 Å². The van der Waals surface area contributed by atoms with Gasteiger partial charge in [0.25, 0.3) is 0 Å². The number of primary sulfonamides is 1. The fourth-order valence-electron chi connectivity index (χ4n) is 11.8. The first-order valence-electron chi connectivity index (χ1n) is 34.6. The second-order valence-electron chi connectivity index (χ2n) is 25.2. The molecule has 0 spiro atoms. The maximum Gasteiger partial charge on any atom is 0.238 e. The van der Waals surface area contributed by atoms with Crippen LogP contribution in [0.25, 0.3) is 78.9 Å². The number of hydrogen-bond acceptors (Lipinski definition) is 20. The summed E-state index contributed by atoms with van der Waals surface area (Å²) in [6.45, 7) is 4.19. The number of aromatic nitrogens is 15. The van der Waals surface area contributed by atoms with E-state index in [1.54, 1.807) is 148 Å². The summed E-state index contributed by atoms with van der Waals surface area (Å²) in [6.07, 6.45) is 12.5. The molecule has 0 amide bonds. The van der Waals surface area contributed by atoms with Gasteiger partial charge in [0.05, 0.1) is 70.8 Å². The van der Waals surface area contributed by atoms with Crippen LogP contribution >= 0.6 is 59.3 Å². The van der Waals surface area contributed by atoms with Crippen molar-refractivity contribution in [2.24, 2.45) is 5.14 Å². The van der Waals surface area contributed by atoms with Crippen LogP contribution in [0.5, 0.6) is 0 Å². The van der Waals surface area contributed by atoms with E-state index in [9.17, 15) is 30.0 Å². The Balaban J connectivity index is 0.000000125. The van der Waals surface area contributed by atoms with Crippen LogP contribution in [0.15, 0.2) is 278 Å². The van der Waals surface area contributed by atoms with Gasteiger partial charge in [0, 0.05) is 108 Å². The summed E-state index contributed by atoms with van der Waals surface area (Å²) in [7, 11) is -6.97. The van der Waals surface area contributed by atoms with Crippen LogP contribution in [0, 0.1) is 17.5 Å². The molecule has 0 saturated carbocycles. The van der Waals surface area contributed by atoms with E-state index >= 15 is 0 Å². The Morgan fingerprint density at radius 3 is 1.19 bits per heavy atom. The number of nitrogens with two attached hydrogens (primary N) is 1. The summed E-state index contributed by atoms with van der Waals surface area (Å²) in [5.41, 5.74) is 14.3. The van der Waals surface area contributed by atoms with Gasteiger partial charge in [0.15, 0.2) is 32.4 Å². The molecule has 17 aromatic rings. The van der Waals surface area contributed by atoms with Gasteiger partial charge in [0.2, 0.25) is 10.0 Å². The first kappa shape index (κ1) is 77.7. The molecule has 6 N–H and O–H groups in total. The number of benzene rings is 7. The number of hydrogen-bond donors (Lipinski definition) is 5. The van der Waals surface area contributed by atoms with Crippen molar-refractivity contribution in [3.05, 3.63) is 314 Å². The smallest absolute Gasteiger partial charge is 0.238 e. The quantitative estimate of drug-likeness (QED) is 0.0473. The summed E-state index contributed by atoms with van der Waals surface area (Å²) in [5.74, 6) is 1.83. The second kappa shape index (κ2) is 34.7. The van der Waals surface area contributed by atoms with Crippen molar-refractivity contribution in [1.29, 1.82) is 0 Å². The molecule has 10 aromatic heterocycles. The highest BCUT2D eigenvalue weighted by atomic mass is 79.9. The van der Waals surface area contributed by atoms with Crippen LogP contribution in [0.3, 0.4) is 0 Å². The van der Waals surface area contributed by atoms with Gasteiger partial charge in [-0.15, -0.1) is 5.10 Å². The SMILES string of the molecule is CCc1cnn2c(NCc3cccnc3)cc(-c3ccccc3)nc12.CS(=O)(=O)c1ccc(CNc2cc(-c3ccccc3F)nc3c(Br)cnn23)cc1.Fc1ccccc1-c1cc(NCc2ccc(-c3csnn3)cc2)n2ncc(Br)c2n1.NS(=O)(=O)c1ccc(CNc2cc(-c3ccccc3F)nc3c(Br)cnn23)cc1. The van der Waals surface area contributed by atoms with Crippen molar-refractivity contribution in [2.75, 3.05) is 27.5 Å². The molecule has 10 heterocycles. The van der Waals surface area contributed by atoms with Crippen molar-refractivity contribution in [2.45, 2.75) is 49.3 Å². The van der Waals surface area contributed by atoms with E-state index in [-0.39, 0.29) is 27.2 Å². The molecule has 0 bridgehead atoms. The average Bonchev–Trinajstić information content (AvgIpc) is 1.70. The fourth-order valence-corrected chi connectivity index (χ4v) is 14.4. The van der Waals surface area contributed by atoms with E-state index in [0.29, 0.717) is 97.5 Å². The number of rotatable bonds is 20. The average molecular weight is 1760 g/mol. The summed E-state index contributed by atoms with van der Waals surface area (Å²) in [6, 6.07) is 62.0. The zero-order valence-electron chi connectivity index (χ0n) is 59.7. The third kappa shape index (κ3) is 18.5. The van der Waals surface area contributed by atoms with Gasteiger partial charge in [0.1, 0.15) is 46.4 Å². The lowest BCUT2D eigenvalue weighted by Crippen LogP contribution is -2.12. The Kier molecular flexibility index (Phi) is 23.9. The Labute approximate surface area is 674 Å². The third-order valence-corrected chi connectivity index (χ3v) is 21.8. The lowest BCUT2D eigenvalue weighted by Gasteiger charge is -2.12. The van der Waals surface area contributed by atoms with Crippen LogP contribution in [-0.4, -0.2) is 96.1 Å². The number of nitrogens with one attached hydrogen (secondary N) is 4. The number of pyridine rings is 1. The highest BCUT2D eigenvalue weighted by molar-refractivity contribution is 9.11. The topological polar surface area (TPSA) is 302 Å². The molecule has 113 heavy (non-hydrogen) atoms. The molecule has 0 aliphatic heterocycles. The molecule has 0 unspecified atom stereocenters. The van der Waals surface area contributed by atoms with Crippen molar-refractivity contribution < 1.29 is 30.0 Å². The lowest BCUT2D eigenvalue weighted by molar-refractivity contribution is 0.597. The maximum atomic E-state index is 14.3. The van der Waals surface area contributed by atoms with E-state index < -0.39 is 19.9 Å². The molecule has 0 atom stereocenters. The molecular weight excluding hydrogens is 1700 g/mol. The largest absolute Gasteiger partial charge is 0.366 e. The van der Waals surface area contributed by atoms with Gasteiger partial charge in [-0.2, -0.15) is 38.5 Å². The summed E-state index contributed by atoms with van der Waals surface area (Å²) in [5, 5.41) is 42.0. The third-order valence-electron chi connectivity index (χ3n) is 17.6. The van der Waals surface area contributed by atoms with Gasteiger partial charge >= 0.3 is 0 Å². The van der Waals surface area contributed by atoms with Gasteiger partial charge in [-0.3, -0.25) is 4.98 Å². The molecular formula is C80H64Br3F3N20O4S3. The zero-order chi connectivity index (χ0) is 78.8. The second-order valence-corrected chi connectivity index (χ2v) is 32.0. The summed E-state index contributed by atoms with van der Waals surface area (Å²) < 4.78 is 102. The first-order chi connectivity index (χ1) is 54.7. The Bertz CT molecular complexity index is 6270. The number of anilines is 4. The zero-order valence-corrected chi connectivity index (χ0v) is 66.9. The van der Waals surface area contributed by atoms with E-state index in [4.69, 9.17) is 10.1 Å². The van der Waals surface area contributed by atoms with Crippen LogP contribution in [0.4, 0.5) is 36.4 Å². The fraction of sp³-hybridized carbons (Fsp3) is 0.0875. The van der Waals surface area contributed by atoms with Gasteiger partial charge in [-0.1, -0.05) is 133 Å². The Hall–Kier alpha value is -12.0. The predicted octanol–water partition coefficient (Wildman–Crippen LogP) is 17.3. The number of sulfonamides is 1. The highest BCUT2D eigenvalue weighted by Crippen LogP contribution is 2.33. The minimum atomic E-state index is -3.74. The Morgan fingerprint density at radius 1 is 0.416 bits per heavy atom. The summed E-state index contributed by atoms with van der Waals surface area (Å²) in [4.78, 5) is 22.9. The number of fused-ring (bicyclic) bond motifs is 4. The molecule has 24 nitrogen and oxygen atoms in total. The molecule has 0 aliphatic rings. The standard InChI is InChI=1S/C21H14BrFN6S.C20H16BrFN4O2S.C20H19N5.C19H15BrFN5O2S/c22-16-11-25-29-20(9-18(26-21(16)29)15-3-1-2-4-17(15)23)24-10-13-5-7-14(8-6-13)19-12-30-28-27-19;1-29(27,28)14-8-6-13(7-9-14)11-23-19-10-18(15-4-2-3-5-17(15)22)25-20-16(21)12-24-26(19)20;1-2-16-14-23-25-19(22-13-15-7-6-10-21-12-15)11-18(24-20(16)25)17-8-4-3-5-9-17;20-15-11-24-26-18(23-10-12-5-7-13(8-6-12)29(22,27)28)9-17(25-19(15)26)14-3-1-2-4-16(14)21/h1-9,11-12,24H,10H2;2-10,12,23H,11H2,1H3;3-12,14,22H,2,13H2,1H3;1-9,11,23H,10H2,(H2,22,27,28). The minimum Gasteiger partial charge on any atom is -0.366 e. The molecule has 7 aromatic carbocycles. The number of halogens is 6. The van der Waals surface area contributed by atoms with Crippen LogP contribution in [0.2, 0.25) is 0 Å². The van der Waals surface area contributed by atoms with Crippen molar-refractivity contribution in [1.82, 2.24) is 73.0 Å². The van der Waals surface area contributed by atoms with E-state index in [0.717, 1.165) is 78.5 Å². The maximum absolute atomic E-state index is 14.3. The van der Waals surface area contributed by atoms with Crippen molar-refractivity contribution >= 4 is 125 Å². The molecule has 33 heteroatoms. The number of sulfone groups is 1.